The first-order chi connectivity index (χ1) is 4.84. The molecule has 0 bridgehead atoms. The van der Waals surface area contributed by atoms with Gasteiger partial charge in [0, 0.05) is 12.4 Å². The molecule has 0 aromatic heterocycles. The zero-order valence-electron chi connectivity index (χ0n) is 6.36. The van der Waals surface area contributed by atoms with Crippen molar-refractivity contribution in [3.8, 4) is 0 Å². The van der Waals surface area contributed by atoms with Crippen LogP contribution in [-0.4, -0.2) is 17.3 Å². The van der Waals surface area contributed by atoms with Gasteiger partial charge in [0.25, 0.3) is 0 Å². The van der Waals surface area contributed by atoms with E-state index in [1.54, 1.807) is 6.21 Å². The Hall–Kier alpha value is -1.05. The van der Waals surface area contributed by atoms with Gasteiger partial charge in [-0.2, -0.15) is 5.10 Å². The van der Waals surface area contributed by atoms with Crippen LogP contribution in [0.15, 0.2) is 29.5 Å². The monoisotopic (exact) mass is 136 g/mol. The molecule has 0 aromatic carbocycles. The molecule has 0 saturated carbocycles. The largest absolute Gasteiger partial charge is 0.267 e. The lowest BCUT2D eigenvalue weighted by Crippen LogP contribution is -2.22. The highest BCUT2D eigenvalue weighted by molar-refractivity contribution is 5.52. The first-order valence-corrected chi connectivity index (χ1v) is 3.46. The molecule has 2 heteroatoms. The minimum Gasteiger partial charge on any atom is -0.267 e. The van der Waals surface area contributed by atoms with Crippen LogP contribution >= 0.6 is 0 Å². The molecule has 2 nitrogen and oxygen atoms in total. The maximum Gasteiger partial charge on any atom is 0.0674 e. The van der Waals surface area contributed by atoms with Crippen LogP contribution in [0.4, 0.5) is 0 Å². The molecule has 1 unspecified atom stereocenters. The van der Waals surface area contributed by atoms with Gasteiger partial charge >= 0.3 is 0 Å². The fourth-order valence-electron chi connectivity index (χ4n) is 0.864. The van der Waals surface area contributed by atoms with Gasteiger partial charge in [0.2, 0.25) is 0 Å². The van der Waals surface area contributed by atoms with E-state index in [0.29, 0.717) is 6.04 Å². The number of hydrogen-bond donors (Lipinski definition) is 0. The quantitative estimate of drug-likeness (QED) is 0.501. The van der Waals surface area contributed by atoms with E-state index in [1.165, 1.54) is 0 Å². The summed E-state index contributed by atoms with van der Waals surface area (Å²) in [6, 6.07) is 0.390. The van der Waals surface area contributed by atoms with Crippen molar-refractivity contribution in [2.24, 2.45) is 5.10 Å². The van der Waals surface area contributed by atoms with E-state index in [-0.39, 0.29) is 0 Å². The van der Waals surface area contributed by atoms with Gasteiger partial charge in [-0.15, -0.1) is 0 Å². The second-order valence-electron chi connectivity index (χ2n) is 2.22. The van der Waals surface area contributed by atoms with Crippen molar-refractivity contribution in [1.29, 1.82) is 0 Å². The molecule has 0 N–H and O–H groups in total. The summed E-state index contributed by atoms with van der Waals surface area (Å²) in [4.78, 5) is 0. The van der Waals surface area contributed by atoms with E-state index in [2.05, 4.69) is 18.1 Å². The van der Waals surface area contributed by atoms with E-state index < -0.39 is 0 Å². The molecule has 10 heavy (non-hydrogen) atoms. The molecule has 1 aliphatic rings. The minimum atomic E-state index is 0.390. The summed E-state index contributed by atoms with van der Waals surface area (Å²) in [7, 11) is 0. The van der Waals surface area contributed by atoms with Crippen LogP contribution in [0.2, 0.25) is 0 Å². The molecule has 1 aliphatic heterocycles. The number of allylic oxidation sites excluding steroid dienone is 2. The standard InChI is InChI=1S/C8H12N2/c1-3-9-10-7-5-4-6-8(10)2/h3-8H,1-2H3/b9-3-. The zero-order valence-corrected chi connectivity index (χ0v) is 6.36. The van der Waals surface area contributed by atoms with Crippen molar-refractivity contribution in [3.63, 3.8) is 0 Å². The Kier molecular flexibility index (Phi) is 2.26. The highest BCUT2D eigenvalue weighted by atomic mass is 15.4. The third-order valence-corrected chi connectivity index (χ3v) is 1.41. The van der Waals surface area contributed by atoms with Gasteiger partial charge in [-0.3, -0.25) is 5.01 Å². The third kappa shape index (κ3) is 1.47. The normalized spacial score (nSPS) is 24.6. The topological polar surface area (TPSA) is 15.6 Å². The van der Waals surface area contributed by atoms with Gasteiger partial charge in [-0.25, -0.2) is 0 Å². The van der Waals surface area contributed by atoms with Crippen molar-refractivity contribution < 1.29 is 0 Å². The van der Waals surface area contributed by atoms with E-state index in [1.807, 2.05) is 30.3 Å². The number of hydrazone groups is 1. The van der Waals surface area contributed by atoms with E-state index in [0.717, 1.165) is 0 Å². The van der Waals surface area contributed by atoms with Gasteiger partial charge in [-0.1, -0.05) is 12.2 Å². The molecule has 0 saturated heterocycles. The number of rotatable bonds is 1. The molecule has 1 atom stereocenters. The van der Waals surface area contributed by atoms with E-state index >= 15 is 0 Å². The Morgan fingerprint density at radius 2 is 2.30 bits per heavy atom. The zero-order chi connectivity index (χ0) is 7.40. The molecular weight excluding hydrogens is 124 g/mol. The van der Waals surface area contributed by atoms with Crippen LogP contribution < -0.4 is 0 Å². The average Bonchev–Trinajstić information content (AvgIpc) is 1.94. The van der Waals surface area contributed by atoms with Crippen LogP contribution in [0, 0.1) is 0 Å². The number of hydrogen-bond acceptors (Lipinski definition) is 2. The van der Waals surface area contributed by atoms with Crippen molar-refractivity contribution >= 4 is 6.21 Å². The first kappa shape index (κ1) is 7.06. The lowest BCUT2D eigenvalue weighted by Gasteiger charge is -2.21. The fourth-order valence-corrected chi connectivity index (χ4v) is 0.864. The van der Waals surface area contributed by atoms with Crippen LogP contribution in [0.1, 0.15) is 13.8 Å². The van der Waals surface area contributed by atoms with Crippen LogP contribution in [-0.2, 0) is 0 Å². The minimum absolute atomic E-state index is 0.390. The summed E-state index contributed by atoms with van der Waals surface area (Å²) in [5, 5.41) is 6.05. The first-order valence-electron chi connectivity index (χ1n) is 3.46. The van der Waals surface area contributed by atoms with E-state index in [9.17, 15) is 0 Å². The molecule has 54 valence electrons. The third-order valence-electron chi connectivity index (χ3n) is 1.41. The van der Waals surface area contributed by atoms with Crippen LogP contribution in [0.5, 0.6) is 0 Å². The molecular formula is C8H12N2. The summed E-state index contributed by atoms with van der Waals surface area (Å²) in [5.41, 5.74) is 0. The van der Waals surface area contributed by atoms with Crippen molar-refractivity contribution in [2.45, 2.75) is 19.9 Å². The molecule has 0 radical (unpaired) electrons. The Morgan fingerprint density at radius 3 is 2.90 bits per heavy atom. The molecule has 0 amide bonds. The van der Waals surface area contributed by atoms with Gasteiger partial charge in [0.1, 0.15) is 0 Å². The Balaban J connectivity index is 2.61. The predicted molar refractivity (Wildman–Crippen MR) is 43.7 cm³/mol. The Labute approximate surface area is 61.5 Å². The highest BCUT2D eigenvalue weighted by Crippen LogP contribution is 2.06. The fraction of sp³-hybridized carbons (Fsp3) is 0.375. The summed E-state index contributed by atoms with van der Waals surface area (Å²) in [6.45, 7) is 4.02. The van der Waals surface area contributed by atoms with Crippen molar-refractivity contribution in [1.82, 2.24) is 5.01 Å². The molecule has 0 aliphatic carbocycles. The molecule has 0 spiro atoms. The van der Waals surface area contributed by atoms with Gasteiger partial charge in [0.05, 0.1) is 6.04 Å². The maximum atomic E-state index is 4.13. The second kappa shape index (κ2) is 3.20. The summed E-state index contributed by atoms with van der Waals surface area (Å²) >= 11 is 0. The van der Waals surface area contributed by atoms with Gasteiger partial charge < -0.3 is 0 Å². The SMILES string of the molecule is C/C=N\N1C=CC=CC1C. The maximum absolute atomic E-state index is 4.13. The lowest BCUT2D eigenvalue weighted by molar-refractivity contribution is 0.353. The average molecular weight is 136 g/mol. The van der Waals surface area contributed by atoms with E-state index in [4.69, 9.17) is 0 Å². The highest BCUT2D eigenvalue weighted by Gasteiger charge is 2.04. The molecule has 0 fully saturated rings. The van der Waals surface area contributed by atoms with Crippen molar-refractivity contribution in [3.05, 3.63) is 24.4 Å². The number of nitrogens with zero attached hydrogens (tertiary/aromatic N) is 2. The molecule has 0 aromatic rings. The predicted octanol–water partition coefficient (Wildman–Crippen LogP) is 1.77. The Bertz CT molecular complexity index is 180. The van der Waals surface area contributed by atoms with Crippen LogP contribution in [0.25, 0.3) is 0 Å². The second-order valence-corrected chi connectivity index (χ2v) is 2.22. The molecule has 1 rings (SSSR count). The summed E-state index contributed by atoms with van der Waals surface area (Å²) in [6.07, 6.45) is 9.87. The van der Waals surface area contributed by atoms with Gasteiger partial charge in [-0.05, 0) is 19.9 Å². The summed E-state index contributed by atoms with van der Waals surface area (Å²) in [5.74, 6) is 0. The molecule has 1 heterocycles. The lowest BCUT2D eigenvalue weighted by atomic mass is 10.2. The Morgan fingerprint density at radius 1 is 1.50 bits per heavy atom. The van der Waals surface area contributed by atoms with Crippen LogP contribution in [0.3, 0.4) is 0 Å². The summed E-state index contributed by atoms with van der Waals surface area (Å²) < 4.78 is 0. The van der Waals surface area contributed by atoms with Crippen molar-refractivity contribution in [2.75, 3.05) is 0 Å². The van der Waals surface area contributed by atoms with Gasteiger partial charge in [0.15, 0.2) is 0 Å². The smallest absolute Gasteiger partial charge is 0.0674 e.